The van der Waals surface area contributed by atoms with Crippen LogP contribution in [0.15, 0.2) is 45.8 Å². The van der Waals surface area contributed by atoms with Gasteiger partial charge in [0.1, 0.15) is 4.47 Å². The van der Waals surface area contributed by atoms with Crippen molar-refractivity contribution >= 4 is 21.6 Å². The van der Waals surface area contributed by atoms with Crippen LogP contribution in [-0.4, -0.2) is 22.9 Å². The van der Waals surface area contributed by atoms with Crippen LogP contribution in [0, 0.1) is 0 Å². The fourth-order valence-electron chi connectivity index (χ4n) is 1.97. The van der Waals surface area contributed by atoms with Gasteiger partial charge in [-0.15, -0.1) is 0 Å². The molecule has 0 unspecified atom stereocenters. The number of anilines is 1. The van der Waals surface area contributed by atoms with E-state index in [4.69, 9.17) is 5.73 Å². The van der Waals surface area contributed by atoms with E-state index >= 15 is 0 Å². The highest BCUT2D eigenvalue weighted by molar-refractivity contribution is 9.10. The first-order valence-corrected chi connectivity index (χ1v) is 7.13. The van der Waals surface area contributed by atoms with Crippen LogP contribution in [-0.2, 0) is 13.6 Å². The first-order valence-electron chi connectivity index (χ1n) is 6.34. The molecular formula is C14H17BrN4O. The van der Waals surface area contributed by atoms with E-state index in [9.17, 15) is 4.79 Å². The summed E-state index contributed by atoms with van der Waals surface area (Å²) in [6, 6.07) is 10.1. The summed E-state index contributed by atoms with van der Waals surface area (Å²) in [6.07, 6.45) is 1.68. The molecule has 0 saturated heterocycles. The summed E-state index contributed by atoms with van der Waals surface area (Å²) >= 11 is 3.36. The lowest BCUT2D eigenvalue weighted by molar-refractivity contribution is 0.691. The van der Waals surface area contributed by atoms with E-state index in [1.165, 1.54) is 4.68 Å². The van der Waals surface area contributed by atoms with Crippen LogP contribution in [0.5, 0.6) is 0 Å². The number of nitrogens with two attached hydrogens (primary N) is 1. The van der Waals surface area contributed by atoms with Gasteiger partial charge in [0, 0.05) is 26.7 Å². The van der Waals surface area contributed by atoms with E-state index in [1.807, 2.05) is 35.2 Å². The zero-order valence-electron chi connectivity index (χ0n) is 11.3. The third-order valence-corrected chi connectivity index (χ3v) is 3.76. The maximum absolute atomic E-state index is 11.9. The van der Waals surface area contributed by atoms with Crippen LogP contribution < -0.4 is 16.2 Å². The smallest absolute Gasteiger partial charge is 0.282 e. The summed E-state index contributed by atoms with van der Waals surface area (Å²) in [5, 5.41) is 4.08. The average molecular weight is 337 g/mol. The van der Waals surface area contributed by atoms with Gasteiger partial charge in [0.15, 0.2) is 0 Å². The van der Waals surface area contributed by atoms with Crippen molar-refractivity contribution in [3.63, 3.8) is 0 Å². The molecule has 2 rings (SSSR count). The Bertz CT molecular complexity index is 627. The first kappa shape index (κ1) is 14.7. The van der Waals surface area contributed by atoms with Crippen LogP contribution in [0.4, 0.5) is 5.69 Å². The molecule has 106 valence electrons. The van der Waals surface area contributed by atoms with E-state index in [0.29, 0.717) is 24.1 Å². The van der Waals surface area contributed by atoms with Gasteiger partial charge >= 0.3 is 0 Å². The van der Waals surface area contributed by atoms with Crippen molar-refractivity contribution in [3.8, 4) is 0 Å². The monoisotopic (exact) mass is 336 g/mol. The quantitative estimate of drug-likeness (QED) is 0.898. The van der Waals surface area contributed by atoms with Crippen LogP contribution in [0.1, 0.15) is 5.56 Å². The lowest BCUT2D eigenvalue weighted by Crippen LogP contribution is -2.32. The molecule has 0 aliphatic carbocycles. The Hall–Kier alpha value is -1.66. The molecule has 0 radical (unpaired) electrons. The Morgan fingerprint density at radius 2 is 2.05 bits per heavy atom. The van der Waals surface area contributed by atoms with Crippen LogP contribution in [0.3, 0.4) is 0 Å². The van der Waals surface area contributed by atoms with Crippen molar-refractivity contribution in [2.24, 2.45) is 12.8 Å². The first-order chi connectivity index (χ1) is 9.63. The molecule has 5 nitrogen and oxygen atoms in total. The summed E-state index contributed by atoms with van der Waals surface area (Å²) < 4.78 is 1.82. The summed E-state index contributed by atoms with van der Waals surface area (Å²) in [7, 11) is 1.63. The van der Waals surface area contributed by atoms with Crippen molar-refractivity contribution in [1.29, 1.82) is 0 Å². The molecule has 1 aromatic heterocycles. The molecule has 0 aliphatic heterocycles. The highest BCUT2D eigenvalue weighted by Crippen LogP contribution is 2.22. The van der Waals surface area contributed by atoms with Gasteiger partial charge < -0.3 is 10.6 Å². The van der Waals surface area contributed by atoms with Gasteiger partial charge in [-0.1, -0.05) is 30.3 Å². The minimum atomic E-state index is -0.155. The van der Waals surface area contributed by atoms with Gasteiger partial charge in [-0.25, -0.2) is 4.68 Å². The lowest BCUT2D eigenvalue weighted by Gasteiger charge is -2.25. The highest BCUT2D eigenvalue weighted by atomic mass is 79.9. The van der Waals surface area contributed by atoms with Crippen molar-refractivity contribution < 1.29 is 0 Å². The number of aryl methyl sites for hydroxylation is 1. The second-order valence-electron chi connectivity index (χ2n) is 4.47. The Labute approximate surface area is 126 Å². The number of aromatic nitrogens is 2. The van der Waals surface area contributed by atoms with Crippen molar-refractivity contribution in [1.82, 2.24) is 9.78 Å². The zero-order valence-corrected chi connectivity index (χ0v) is 12.9. The van der Waals surface area contributed by atoms with Gasteiger partial charge in [-0.05, 0) is 21.5 Å². The molecule has 20 heavy (non-hydrogen) atoms. The molecule has 1 heterocycles. The van der Waals surface area contributed by atoms with Gasteiger partial charge in [0.05, 0.1) is 11.9 Å². The minimum Gasteiger partial charge on any atom is -0.364 e. The van der Waals surface area contributed by atoms with Gasteiger partial charge in [-0.2, -0.15) is 5.10 Å². The molecule has 2 N–H and O–H groups in total. The largest absolute Gasteiger partial charge is 0.364 e. The normalized spacial score (nSPS) is 10.6. The van der Waals surface area contributed by atoms with Crippen molar-refractivity contribution in [2.75, 3.05) is 18.0 Å². The summed E-state index contributed by atoms with van der Waals surface area (Å²) in [5.41, 5.74) is 7.45. The average Bonchev–Trinajstić information content (AvgIpc) is 2.46. The molecule has 0 fully saturated rings. The second-order valence-corrected chi connectivity index (χ2v) is 5.26. The molecular weight excluding hydrogens is 320 g/mol. The predicted molar refractivity (Wildman–Crippen MR) is 83.7 cm³/mol. The molecule has 0 aliphatic rings. The number of nitrogens with zero attached hydrogens (tertiary/aromatic N) is 3. The third-order valence-electron chi connectivity index (χ3n) is 3.02. The molecule has 0 amide bonds. The van der Waals surface area contributed by atoms with Crippen molar-refractivity contribution in [3.05, 3.63) is 56.9 Å². The fraction of sp³-hybridized carbons (Fsp3) is 0.286. The van der Waals surface area contributed by atoms with Gasteiger partial charge in [-0.3, -0.25) is 4.79 Å². The molecule has 0 atom stereocenters. The SMILES string of the molecule is Cn1ncc(N(CCN)Cc2ccccc2)c(Br)c1=O. The molecule has 0 saturated carbocycles. The Kier molecular flexibility index (Phi) is 4.92. The lowest BCUT2D eigenvalue weighted by atomic mass is 10.2. The third kappa shape index (κ3) is 3.26. The number of hydrogen-bond donors (Lipinski definition) is 1. The van der Waals surface area contributed by atoms with Crippen LogP contribution in [0.25, 0.3) is 0 Å². The number of halogens is 1. The van der Waals surface area contributed by atoms with Crippen LogP contribution in [0.2, 0.25) is 0 Å². The summed E-state index contributed by atoms with van der Waals surface area (Å²) in [5.74, 6) is 0. The maximum Gasteiger partial charge on any atom is 0.282 e. The van der Waals surface area contributed by atoms with E-state index < -0.39 is 0 Å². The Morgan fingerprint density at radius 3 is 2.70 bits per heavy atom. The second kappa shape index (κ2) is 6.67. The number of benzene rings is 1. The zero-order chi connectivity index (χ0) is 14.5. The van der Waals surface area contributed by atoms with Crippen molar-refractivity contribution in [2.45, 2.75) is 6.54 Å². The van der Waals surface area contributed by atoms with E-state index in [0.717, 1.165) is 11.3 Å². The predicted octanol–water partition coefficient (Wildman–Crippen LogP) is 1.51. The molecule has 1 aromatic carbocycles. The molecule has 0 bridgehead atoms. The molecule has 0 spiro atoms. The highest BCUT2D eigenvalue weighted by Gasteiger charge is 2.14. The number of rotatable bonds is 5. The fourth-order valence-corrected chi connectivity index (χ4v) is 2.58. The number of hydrogen-bond acceptors (Lipinski definition) is 4. The van der Waals surface area contributed by atoms with E-state index in [1.54, 1.807) is 13.2 Å². The minimum absolute atomic E-state index is 0.155. The van der Waals surface area contributed by atoms with E-state index in [-0.39, 0.29) is 5.56 Å². The van der Waals surface area contributed by atoms with Gasteiger partial charge in [0.25, 0.3) is 5.56 Å². The summed E-state index contributed by atoms with van der Waals surface area (Å²) in [4.78, 5) is 14.0. The topological polar surface area (TPSA) is 64.2 Å². The maximum atomic E-state index is 11.9. The molecule has 2 aromatic rings. The van der Waals surface area contributed by atoms with E-state index in [2.05, 4.69) is 21.0 Å². The molecule has 6 heteroatoms. The van der Waals surface area contributed by atoms with Gasteiger partial charge in [0.2, 0.25) is 0 Å². The Morgan fingerprint density at radius 1 is 1.35 bits per heavy atom. The van der Waals surface area contributed by atoms with Crippen LogP contribution >= 0.6 is 15.9 Å². The standard InChI is InChI=1S/C14H17BrN4O/c1-18-14(20)13(15)12(9-17-18)19(8-7-16)10-11-5-3-2-4-6-11/h2-6,9H,7-8,10,16H2,1H3. The summed E-state index contributed by atoms with van der Waals surface area (Å²) in [6.45, 7) is 1.85. The Balaban J connectivity index is 2.34.